The second kappa shape index (κ2) is 8.72. The fourth-order valence-corrected chi connectivity index (χ4v) is 6.47. The van der Waals surface area contributed by atoms with Gasteiger partial charge in [-0.15, -0.1) is 0 Å². The maximum absolute atomic E-state index is 2.47. The predicted molar refractivity (Wildman–Crippen MR) is 170 cm³/mol. The van der Waals surface area contributed by atoms with Crippen LogP contribution in [-0.4, -0.2) is 9.13 Å². The van der Waals surface area contributed by atoms with Gasteiger partial charge in [-0.1, -0.05) is 96.6 Å². The highest BCUT2D eigenvalue weighted by Crippen LogP contribution is 2.42. The maximum Gasteiger partial charge on any atom is 0.0641 e. The molecular weight excluding hydrogens is 484 g/mol. The van der Waals surface area contributed by atoms with Gasteiger partial charge < -0.3 is 9.13 Å². The predicted octanol–water partition coefficient (Wildman–Crippen LogP) is 10.2. The molecule has 8 aromatic rings. The molecule has 6 aromatic carbocycles. The van der Waals surface area contributed by atoms with E-state index >= 15 is 0 Å². The second-order valence-corrected chi connectivity index (χ2v) is 10.8. The molecule has 40 heavy (non-hydrogen) atoms. The Morgan fingerprint density at radius 2 is 1.00 bits per heavy atom. The summed E-state index contributed by atoms with van der Waals surface area (Å²) >= 11 is 0. The van der Waals surface area contributed by atoms with E-state index in [4.69, 9.17) is 0 Å². The lowest BCUT2D eigenvalue weighted by molar-refractivity contribution is 1.17. The first-order valence-corrected chi connectivity index (χ1v) is 13.9. The quantitative estimate of drug-likeness (QED) is 0.223. The Bertz CT molecular complexity index is 2240. The molecular formula is C38H28N2. The summed E-state index contributed by atoms with van der Waals surface area (Å²) in [5, 5.41) is 5.10. The third-order valence-corrected chi connectivity index (χ3v) is 8.19. The molecule has 190 valence electrons. The van der Waals surface area contributed by atoms with Crippen LogP contribution in [0.4, 0.5) is 0 Å². The second-order valence-electron chi connectivity index (χ2n) is 10.8. The molecule has 0 aliphatic rings. The lowest BCUT2D eigenvalue weighted by Gasteiger charge is -2.12. The van der Waals surface area contributed by atoms with Crippen LogP contribution in [0.1, 0.15) is 11.1 Å². The number of aromatic nitrogens is 2. The number of fused-ring (bicyclic) bond motifs is 7. The van der Waals surface area contributed by atoms with Crippen molar-refractivity contribution >= 4 is 43.6 Å². The summed E-state index contributed by atoms with van der Waals surface area (Å²) in [6, 6.07) is 48.8. The van der Waals surface area contributed by atoms with Gasteiger partial charge >= 0.3 is 0 Å². The highest BCUT2D eigenvalue weighted by Gasteiger charge is 2.20. The zero-order valence-corrected chi connectivity index (χ0v) is 22.6. The minimum atomic E-state index is 1.17. The Hall–Kier alpha value is -5.08. The van der Waals surface area contributed by atoms with Crippen LogP contribution in [-0.2, 0) is 0 Å². The van der Waals surface area contributed by atoms with E-state index < -0.39 is 0 Å². The molecule has 2 aromatic heterocycles. The number of rotatable bonds is 3. The molecule has 0 radical (unpaired) electrons. The van der Waals surface area contributed by atoms with E-state index in [0.717, 1.165) is 0 Å². The van der Waals surface area contributed by atoms with Crippen LogP contribution >= 0.6 is 0 Å². The minimum Gasteiger partial charge on any atom is -0.309 e. The van der Waals surface area contributed by atoms with Crippen LogP contribution in [0.15, 0.2) is 133 Å². The van der Waals surface area contributed by atoms with Gasteiger partial charge in [-0.25, -0.2) is 0 Å². The Morgan fingerprint density at radius 1 is 0.400 bits per heavy atom. The van der Waals surface area contributed by atoms with Crippen molar-refractivity contribution in [3.8, 4) is 22.5 Å². The first kappa shape index (κ1) is 22.9. The standard InChI is InChI=1S/C38H28N2/c1-25-10-7-12-27(22-25)28-13-9-15-30(24-28)40-34-18-5-3-16-31(34)32-20-21-36-37(38(32)40)33-17-4-6-19-35(33)39(36)29-14-8-11-26(2)23-29/h3-24H,1-2H3. The molecule has 0 aliphatic carbocycles. The normalized spacial score (nSPS) is 11.8. The van der Waals surface area contributed by atoms with E-state index in [9.17, 15) is 0 Å². The van der Waals surface area contributed by atoms with Crippen LogP contribution < -0.4 is 0 Å². The molecule has 2 nitrogen and oxygen atoms in total. The third-order valence-electron chi connectivity index (χ3n) is 8.19. The van der Waals surface area contributed by atoms with Crippen LogP contribution in [0.3, 0.4) is 0 Å². The highest BCUT2D eigenvalue weighted by atomic mass is 15.0. The van der Waals surface area contributed by atoms with Gasteiger partial charge in [0, 0.05) is 32.9 Å². The van der Waals surface area contributed by atoms with E-state index in [1.165, 1.54) is 77.2 Å². The Labute approximate surface area is 233 Å². The highest BCUT2D eigenvalue weighted by molar-refractivity contribution is 6.26. The summed E-state index contributed by atoms with van der Waals surface area (Å²) in [5.41, 5.74) is 12.3. The van der Waals surface area contributed by atoms with Crippen LogP contribution in [0.2, 0.25) is 0 Å². The van der Waals surface area contributed by atoms with Gasteiger partial charge in [0.1, 0.15) is 0 Å². The summed E-state index contributed by atoms with van der Waals surface area (Å²) in [5.74, 6) is 0. The fraction of sp³-hybridized carbons (Fsp3) is 0.0526. The van der Waals surface area contributed by atoms with Crippen molar-refractivity contribution in [2.45, 2.75) is 13.8 Å². The molecule has 8 rings (SSSR count). The number of aryl methyl sites for hydroxylation is 2. The smallest absolute Gasteiger partial charge is 0.0641 e. The van der Waals surface area contributed by atoms with Crippen molar-refractivity contribution in [2.24, 2.45) is 0 Å². The van der Waals surface area contributed by atoms with Crippen molar-refractivity contribution in [2.75, 3.05) is 0 Å². The first-order chi connectivity index (χ1) is 19.7. The van der Waals surface area contributed by atoms with E-state index in [-0.39, 0.29) is 0 Å². The minimum absolute atomic E-state index is 1.17. The molecule has 0 bridgehead atoms. The molecule has 0 amide bonds. The van der Waals surface area contributed by atoms with Crippen molar-refractivity contribution in [1.82, 2.24) is 9.13 Å². The summed E-state index contributed by atoms with van der Waals surface area (Å²) in [6.45, 7) is 4.32. The van der Waals surface area contributed by atoms with E-state index in [2.05, 4.69) is 156 Å². The topological polar surface area (TPSA) is 9.86 Å². The SMILES string of the molecule is Cc1cccc(-c2cccc(-n3c4ccccc4c4ccc5c(c6ccccc6n5-c5cccc(C)c5)c43)c2)c1. The number of para-hydroxylation sites is 2. The molecule has 0 saturated heterocycles. The zero-order chi connectivity index (χ0) is 26.8. The molecule has 2 heteroatoms. The molecule has 0 N–H and O–H groups in total. The molecule has 0 unspecified atom stereocenters. The zero-order valence-electron chi connectivity index (χ0n) is 22.6. The molecule has 0 saturated carbocycles. The van der Waals surface area contributed by atoms with Crippen molar-refractivity contribution < 1.29 is 0 Å². The number of nitrogens with zero attached hydrogens (tertiary/aromatic N) is 2. The third kappa shape index (κ3) is 3.36. The summed E-state index contributed by atoms with van der Waals surface area (Å²) in [6.07, 6.45) is 0. The largest absolute Gasteiger partial charge is 0.309 e. The van der Waals surface area contributed by atoms with Crippen molar-refractivity contribution in [1.29, 1.82) is 0 Å². The molecule has 2 heterocycles. The van der Waals surface area contributed by atoms with Crippen LogP contribution in [0.25, 0.3) is 66.1 Å². The molecule has 0 fully saturated rings. The van der Waals surface area contributed by atoms with Gasteiger partial charge in [0.05, 0.1) is 22.1 Å². The average Bonchev–Trinajstić information content (AvgIpc) is 3.50. The van der Waals surface area contributed by atoms with Crippen molar-refractivity contribution in [3.63, 3.8) is 0 Å². The average molecular weight is 513 g/mol. The number of benzene rings is 6. The fourth-order valence-electron chi connectivity index (χ4n) is 6.47. The number of hydrogen-bond donors (Lipinski definition) is 0. The summed E-state index contributed by atoms with van der Waals surface area (Å²) in [7, 11) is 0. The van der Waals surface area contributed by atoms with E-state index in [1.807, 2.05) is 0 Å². The molecule has 0 aliphatic heterocycles. The Kier molecular flexibility index (Phi) is 4.99. The maximum atomic E-state index is 2.47. The van der Waals surface area contributed by atoms with Crippen molar-refractivity contribution in [3.05, 3.63) is 145 Å². The summed E-state index contributed by atoms with van der Waals surface area (Å²) < 4.78 is 4.89. The van der Waals surface area contributed by atoms with Crippen LogP contribution in [0.5, 0.6) is 0 Å². The Morgan fingerprint density at radius 3 is 1.75 bits per heavy atom. The summed E-state index contributed by atoms with van der Waals surface area (Å²) in [4.78, 5) is 0. The monoisotopic (exact) mass is 512 g/mol. The van der Waals surface area contributed by atoms with Gasteiger partial charge in [-0.3, -0.25) is 0 Å². The van der Waals surface area contributed by atoms with E-state index in [1.54, 1.807) is 0 Å². The van der Waals surface area contributed by atoms with Gasteiger partial charge in [0.25, 0.3) is 0 Å². The van der Waals surface area contributed by atoms with Gasteiger partial charge in [-0.05, 0) is 73.0 Å². The number of hydrogen-bond acceptors (Lipinski definition) is 0. The van der Waals surface area contributed by atoms with Gasteiger partial charge in [0.15, 0.2) is 0 Å². The first-order valence-electron chi connectivity index (χ1n) is 13.9. The lowest BCUT2D eigenvalue weighted by Crippen LogP contribution is -1.96. The van der Waals surface area contributed by atoms with E-state index in [0.29, 0.717) is 0 Å². The molecule has 0 atom stereocenters. The lowest BCUT2D eigenvalue weighted by atomic mass is 10.0. The van der Waals surface area contributed by atoms with Crippen LogP contribution in [0, 0.1) is 13.8 Å². The van der Waals surface area contributed by atoms with Gasteiger partial charge in [0.2, 0.25) is 0 Å². The Balaban J connectivity index is 1.53. The molecule has 0 spiro atoms. The van der Waals surface area contributed by atoms with Gasteiger partial charge in [-0.2, -0.15) is 0 Å².